The van der Waals surface area contributed by atoms with E-state index in [0.717, 1.165) is 71.9 Å². The van der Waals surface area contributed by atoms with Crippen molar-refractivity contribution in [1.29, 1.82) is 0 Å². The van der Waals surface area contributed by atoms with Gasteiger partial charge in [0.05, 0.1) is 0 Å². The summed E-state index contributed by atoms with van der Waals surface area (Å²) < 4.78 is 0. The Morgan fingerprint density at radius 1 is 0.411 bits per heavy atom. The Balaban J connectivity index is 0.000000300. The second-order valence-corrected chi connectivity index (χ2v) is 20.6. The first-order chi connectivity index (χ1) is 25.6. The van der Waals surface area contributed by atoms with E-state index in [1.165, 1.54) is 33.4 Å². The van der Waals surface area contributed by atoms with Gasteiger partial charge < -0.3 is 20.4 Å². The molecule has 4 heteroatoms. The van der Waals surface area contributed by atoms with Crippen molar-refractivity contribution in [3.8, 4) is 23.0 Å². The van der Waals surface area contributed by atoms with E-state index in [9.17, 15) is 20.4 Å². The molecule has 0 fully saturated rings. The van der Waals surface area contributed by atoms with Gasteiger partial charge in [0.1, 0.15) is 23.0 Å². The SMILES string of the molecule is CCCC(c1cc(C(C)(C)C)c(O)cc1C)c1cc(C(C)(C)C)c(O)cc1C.Cc1cc(O)c(C(C)(C)C)cc1CCCCc1cc(C(C)(C)C)c(O)cc1C. The summed E-state index contributed by atoms with van der Waals surface area (Å²) >= 11 is 0. The maximum atomic E-state index is 10.5. The molecular weight excluding hydrogens is 689 g/mol. The Bertz CT molecular complexity index is 1830. The minimum atomic E-state index is -0.121. The minimum absolute atomic E-state index is 0.0565. The summed E-state index contributed by atoms with van der Waals surface area (Å²) in [5.74, 6) is 1.81. The highest BCUT2D eigenvalue weighted by Crippen LogP contribution is 2.43. The first kappa shape index (κ1) is 46.5. The summed E-state index contributed by atoms with van der Waals surface area (Å²) in [7, 11) is 0. The number of hydrogen-bond acceptors (Lipinski definition) is 4. The number of aromatic hydroxyl groups is 4. The van der Waals surface area contributed by atoms with E-state index in [2.05, 4.69) is 142 Å². The molecule has 0 saturated heterocycles. The van der Waals surface area contributed by atoms with Crippen molar-refractivity contribution in [3.63, 3.8) is 0 Å². The van der Waals surface area contributed by atoms with Crippen LogP contribution in [0.5, 0.6) is 23.0 Å². The van der Waals surface area contributed by atoms with Crippen LogP contribution in [0, 0.1) is 27.7 Å². The molecule has 0 saturated carbocycles. The van der Waals surface area contributed by atoms with E-state index in [0.29, 0.717) is 23.0 Å². The first-order valence-electron chi connectivity index (χ1n) is 20.9. The molecule has 0 aliphatic rings. The van der Waals surface area contributed by atoms with Gasteiger partial charge in [0.2, 0.25) is 0 Å². The fourth-order valence-corrected chi connectivity index (χ4v) is 7.98. The van der Waals surface area contributed by atoms with E-state index >= 15 is 0 Å². The van der Waals surface area contributed by atoms with Crippen LogP contribution in [-0.2, 0) is 34.5 Å². The Kier molecular flexibility index (Phi) is 14.7. The summed E-state index contributed by atoms with van der Waals surface area (Å²) in [4.78, 5) is 0. The molecule has 4 rings (SSSR count). The molecule has 308 valence electrons. The van der Waals surface area contributed by atoms with E-state index < -0.39 is 0 Å². The zero-order chi connectivity index (χ0) is 42.7. The molecule has 0 atom stereocenters. The van der Waals surface area contributed by atoms with Crippen molar-refractivity contribution in [2.75, 3.05) is 0 Å². The molecule has 0 aromatic heterocycles. The van der Waals surface area contributed by atoms with Crippen LogP contribution in [0.1, 0.15) is 188 Å². The first-order valence-corrected chi connectivity index (χ1v) is 20.9. The number of phenols is 4. The van der Waals surface area contributed by atoms with Crippen molar-refractivity contribution < 1.29 is 20.4 Å². The van der Waals surface area contributed by atoms with Gasteiger partial charge in [-0.1, -0.05) is 121 Å². The number of hydrogen-bond donors (Lipinski definition) is 4. The summed E-state index contributed by atoms with van der Waals surface area (Å²) in [5, 5.41) is 41.7. The predicted molar refractivity (Wildman–Crippen MR) is 240 cm³/mol. The average molecular weight is 765 g/mol. The summed E-state index contributed by atoms with van der Waals surface area (Å²) in [6, 6.07) is 16.4. The lowest BCUT2D eigenvalue weighted by molar-refractivity contribution is 0.444. The van der Waals surface area contributed by atoms with Crippen LogP contribution >= 0.6 is 0 Å². The molecule has 0 radical (unpaired) electrons. The average Bonchev–Trinajstić information content (AvgIpc) is 3.02. The van der Waals surface area contributed by atoms with E-state index in [1.54, 1.807) is 0 Å². The second kappa shape index (κ2) is 17.7. The van der Waals surface area contributed by atoms with Crippen molar-refractivity contribution in [2.24, 2.45) is 0 Å². The zero-order valence-corrected chi connectivity index (χ0v) is 38.2. The number of benzene rings is 4. The molecule has 4 aromatic rings. The normalized spacial score (nSPS) is 12.5. The van der Waals surface area contributed by atoms with Crippen LogP contribution in [0.25, 0.3) is 0 Å². The van der Waals surface area contributed by atoms with Gasteiger partial charge in [0.25, 0.3) is 0 Å². The number of rotatable bonds is 9. The van der Waals surface area contributed by atoms with Gasteiger partial charge in [0.15, 0.2) is 0 Å². The van der Waals surface area contributed by atoms with Crippen LogP contribution < -0.4 is 0 Å². The highest BCUT2D eigenvalue weighted by molar-refractivity contribution is 5.53. The van der Waals surface area contributed by atoms with Crippen molar-refractivity contribution >= 4 is 0 Å². The highest BCUT2D eigenvalue weighted by atomic mass is 16.3. The maximum absolute atomic E-state index is 10.5. The van der Waals surface area contributed by atoms with Gasteiger partial charge in [-0.05, 0) is 172 Å². The molecule has 4 nitrogen and oxygen atoms in total. The lowest BCUT2D eigenvalue weighted by atomic mass is 9.76. The molecule has 56 heavy (non-hydrogen) atoms. The molecule has 0 bridgehead atoms. The van der Waals surface area contributed by atoms with Gasteiger partial charge in [-0.2, -0.15) is 0 Å². The monoisotopic (exact) mass is 765 g/mol. The molecule has 0 aliphatic carbocycles. The van der Waals surface area contributed by atoms with E-state index in [-0.39, 0.29) is 27.6 Å². The third kappa shape index (κ3) is 11.6. The van der Waals surface area contributed by atoms with Crippen LogP contribution in [0.4, 0.5) is 0 Å². The Labute approximate surface area is 341 Å². The van der Waals surface area contributed by atoms with Crippen LogP contribution in [0.15, 0.2) is 48.5 Å². The summed E-state index contributed by atoms with van der Waals surface area (Å²) in [6.45, 7) is 36.2. The third-order valence-corrected chi connectivity index (χ3v) is 11.4. The molecule has 4 aromatic carbocycles. The van der Waals surface area contributed by atoms with E-state index in [1.807, 2.05) is 24.3 Å². The van der Waals surface area contributed by atoms with Gasteiger partial charge >= 0.3 is 0 Å². The lowest BCUT2D eigenvalue weighted by Crippen LogP contribution is -2.16. The topological polar surface area (TPSA) is 80.9 Å². The summed E-state index contributed by atoms with van der Waals surface area (Å²) in [5.41, 5.74) is 13.5. The van der Waals surface area contributed by atoms with Crippen molar-refractivity contribution in [1.82, 2.24) is 0 Å². The zero-order valence-electron chi connectivity index (χ0n) is 38.2. The van der Waals surface area contributed by atoms with Crippen LogP contribution in [0.2, 0.25) is 0 Å². The minimum Gasteiger partial charge on any atom is -0.508 e. The van der Waals surface area contributed by atoms with Gasteiger partial charge in [0, 0.05) is 5.92 Å². The number of phenolic OH excluding ortho intramolecular Hbond substituents is 4. The van der Waals surface area contributed by atoms with Crippen LogP contribution in [-0.4, -0.2) is 20.4 Å². The standard InChI is InChI=1S/2C26H38O2/c1-17-13-23(27)21(25(3,4)5)15-19(17)11-9-10-12-20-16-22(26(6,7)8)24(28)14-18(20)2;1-10-11-18(19-14-21(25(4,5)6)23(27)12-16(19)2)20-15-22(26(7,8)9)24(28)13-17(20)3/h13-16,27-28H,9-12H2,1-8H3;12-15,18,27-28H,10-11H2,1-9H3. The molecule has 0 aliphatic heterocycles. The van der Waals surface area contributed by atoms with E-state index in [4.69, 9.17) is 0 Å². The lowest BCUT2D eigenvalue weighted by Gasteiger charge is -2.29. The molecular formula is C52H76O4. The maximum Gasteiger partial charge on any atom is 0.119 e. The fourth-order valence-electron chi connectivity index (χ4n) is 7.98. The van der Waals surface area contributed by atoms with Crippen molar-refractivity contribution in [2.45, 2.75) is 184 Å². The molecule has 0 spiro atoms. The van der Waals surface area contributed by atoms with Gasteiger partial charge in [-0.25, -0.2) is 0 Å². The predicted octanol–water partition coefficient (Wildman–Crippen LogP) is 14.1. The third-order valence-electron chi connectivity index (χ3n) is 11.4. The Hall–Kier alpha value is -3.92. The second-order valence-electron chi connectivity index (χ2n) is 20.6. The highest BCUT2D eigenvalue weighted by Gasteiger charge is 2.27. The Morgan fingerprint density at radius 2 is 0.679 bits per heavy atom. The van der Waals surface area contributed by atoms with Crippen LogP contribution in [0.3, 0.4) is 0 Å². The quantitative estimate of drug-likeness (QED) is 0.128. The molecule has 0 unspecified atom stereocenters. The summed E-state index contributed by atoms with van der Waals surface area (Å²) in [6.07, 6.45) is 6.38. The molecule has 0 amide bonds. The molecule has 4 N–H and O–H groups in total. The molecule has 0 heterocycles. The smallest absolute Gasteiger partial charge is 0.119 e. The number of aryl methyl sites for hydroxylation is 6. The Morgan fingerprint density at radius 3 is 0.946 bits per heavy atom. The fraction of sp³-hybridized carbons (Fsp3) is 0.538. The van der Waals surface area contributed by atoms with Gasteiger partial charge in [-0.15, -0.1) is 0 Å². The largest absolute Gasteiger partial charge is 0.508 e. The number of unbranched alkanes of at least 4 members (excludes halogenated alkanes) is 1. The van der Waals surface area contributed by atoms with Gasteiger partial charge in [-0.3, -0.25) is 0 Å². The van der Waals surface area contributed by atoms with Crippen molar-refractivity contribution in [3.05, 3.63) is 115 Å².